The van der Waals surface area contributed by atoms with Crippen LogP contribution in [0, 0.1) is 6.92 Å². The summed E-state index contributed by atoms with van der Waals surface area (Å²) >= 11 is 0. The van der Waals surface area contributed by atoms with Crippen LogP contribution in [0.25, 0.3) is 0 Å². The van der Waals surface area contributed by atoms with Crippen molar-refractivity contribution in [3.8, 4) is 0 Å². The minimum absolute atomic E-state index is 0.661. The van der Waals surface area contributed by atoms with Crippen molar-refractivity contribution < 1.29 is 0 Å². The third-order valence-electron chi connectivity index (χ3n) is 3.00. The van der Waals surface area contributed by atoms with Crippen molar-refractivity contribution in [1.82, 2.24) is 9.55 Å². The molecule has 1 aliphatic rings. The Bertz CT molecular complexity index is 497. The van der Waals surface area contributed by atoms with Gasteiger partial charge >= 0.3 is 0 Å². The molecule has 1 aromatic heterocycles. The molecule has 0 unspecified atom stereocenters. The predicted molar refractivity (Wildman–Crippen MR) is 65.0 cm³/mol. The summed E-state index contributed by atoms with van der Waals surface area (Å²) in [5.41, 5.74) is 2.38. The van der Waals surface area contributed by atoms with E-state index in [2.05, 4.69) is 40.1 Å². The molecule has 82 valence electrons. The van der Waals surface area contributed by atoms with Gasteiger partial charge in [0.05, 0.1) is 0 Å². The molecule has 1 heterocycles. The number of nitrogens with zero attached hydrogens (tertiary/aromatic N) is 2. The Kier molecular flexibility index (Phi) is 2.17. The highest BCUT2D eigenvalue weighted by molar-refractivity contribution is 5.58. The summed E-state index contributed by atoms with van der Waals surface area (Å²) < 4.78 is 2.23. The van der Waals surface area contributed by atoms with Crippen molar-refractivity contribution in [2.75, 3.05) is 5.32 Å². The SMILES string of the molecule is Cc1ccccc1Nc1nccn1C1CC1. The molecule has 3 heteroatoms. The quantitative estimate of drug-likeness (QED) is 0.848. The van der Waals surface area contributed by atoms with Gasteiger partial charge in [-0.1, -0.05) is 18.2 Å². The molecule has 3 rings (SSSR count). The van der Waals surface area contributed by atoms with Crippen molar-refractivity contribution in [2.24, 2.45) is 0 Å². The van der Waals surface area contributed by atoms with E-state index < -0.39 is 0 Å². The number of rotatable bonds is 3. The lowest BCUT2D eigenvalue weighted by Gasteiger charge is -2.10. The average Bonchev–Trinajstić information content (AvgIpc) is 3.03. The highest BCUT2D eigenvalue weighted by Crippen LogP contribution is 2.37. The van der Waals surface area contributed by atoms with Crippen LogP contribution in [0.15, 0.2) is 36.7 Å². The summed E-state index contributed by atoms with van der Waals surface area (Å²) in [4.78, 5) is 4.37. The molecule has 0 amide bonds. The van der Waals surface area contributed by atoms with Crippen LogP contribution in [0.4, 0.5) is 11.6 Å². The number of imidazole rings is 1. The maximum Gasteiger partial charge on any atom is 0.207 e. The number of aryl methyl sites for hydroxylation is 1. The van der Waals surface area contributed by atoms with Crippen molar-refractivity contribution in [1.29, 1.82) is 0 Å². The van der Waals surface area contributed by atoms with Gasteiger partial charge in [0, 0.05) is 24.1 Å². The van der Waals surface area contributed by atoms with Crippen LogP contribution in [-0.2, 0) is 0 Å². The van der Waals surface area contributed by atoms with Gasteiger partial charge in [-0.15, -0.1) is 0 Å². The van der Waals surface area contributed by atoms with E-state index in [-0.39, 0.29) is 0 Å². The van der Waals surface area contributed by atoms with E-state index in [9.17, 15) is 0 Å². The highest BCUT2D eigenvalue weighted by atomic mass is 15.2. The van der Waals surface area contributed by atoms with Gasteiger partial charge in [-0.2, -0.15) is 0 Å². The molecule has 2 aromatic rings. The number of benzene rings is 1. The van der Waals surface area contributed by atoms with Gasteiger partial charge in [0.2, 0.25) is 5.95 Å². The molecule has 0 aliphatic heterocycles. The number of nitrogens with one attached hydrogen (secondary N) is 1. The summed E-state index contributed by atoms with van der Waals surface area (Å²) in [6.07, 6.45) is 6.47. The maximum atomic E-state index is 4.37. The fourth-order valence-corrected chi connectivity index (χ4v) is 1.89. The van der Waals surface area contributed by atoms with Crippen molar-refractivity contribution in [3.63, 3.8) is 0 Å². The van der Waals surface area contributed by atoms with E-state index in [1.807, 2.05) is 18.3 Å². The van der Waals surface area contributed by atoms with Crippen LogP contribution in [-0.4, -0.2) is 9.55 Å². The van der Waals surface area contributed by atoms with Gasteiger partial charge in [0.15, 0.2) is 0 Å². The fourth-order valence-electron chi connectivity index (χ4n) is 1.89. The molecule has 0 saturated heterocycles. The van der Waals surface area contributed by atoms with Crippen LogP contribution in [0.3, 0.4) is 0 Å². The second-order valence-corrected chi connectivity index (χ2v) is 4.33. The van der Waals surface area contributed by atoms with Gasteiger partial charge in [0.1, 0.15) is 0 Å². The number of aromatic nitrogens is 2. The molecule has 1 N–H and O–H groups in total. The molecule has 1 fully saturated rings. The summed E-state index contributed by atoms with van der Waals surface area (Å²) in [5.74, 6) is 0.955. The number of hydrogen-bond acceptors (Lipinski definition) is 2. The van der Waals surface area contributed by atoms with Crippen molar-refractivity contribution in [3.05, 3.63) is 42.2 Å². The van der Waals surface area contributed by atoms with E-state index in [1.54, 1.807) is 0 Å². The lowest BCUT2D eigenvalue weighted by atomic mass is 10.2. The number of hydrogen-bond donors (Lipinski definition) is 1. The molecular weight excluding hydrogens is 198 g/mol. The minimum atomic E-state index is 0.661. The Hall–Kier alpha value is -1.77. The lowest BCUT2D eigenvalue weighted by Crippen LogP contribution is -2.02. The van der Waals surface area contributed by atoms with Crippen LogP contribution >= 0.6 is 0 Å². The van der Waals surface area contributed by atoms with Gasteiger partial charge in [-0.3, -0.25) is 0 Å². The Morgan fingerprint density at radius 2 is 2.12 bits per heavy atom. The summed E-state index contributed by atoms with van der Waals surface area (Å²) in [6.45, 7) is 2.10. The zero-order valence-electron chi connectivity index (χ0n) is 9.35. The number of anilines is 2. The first kappa shape index (κ1) is 9.46. The largest absolute Gasteiger partial charge is 0.325 e. The topological polar surface area (TPSA) is 29.9 Å². The highest BCUT2D eigenvalue weighted by Gasteiger charge is 2.25. The zero-order valence-corrected chi connectivity index (χ0v) is 9.35. The summed E-state index contributed by atoms with van der Waals surface area (Å²) in [7, 11) is 0. The zero-order chi connectivity index (χ0) is 11.0. The van der Waals surface area contributed by atoms with E-state index in [0.29, 0.717) is 6.04 Å². The van der Waals surface area contributed by atoms with Crippen LogP contribution in [0.5, 0.6) is 0 Å². The van der Waals surface area contributed by atoms with Crippen molar-refractivity contribution >= 4 is 11.6 Å². The van der Waals surface area contributed by atoms with Crippen LogP contribution in [0.1, 0.15) is 24.4 Å². The van der Waals surface area contributed by atoms with Gasteiger partial charge in [-0.25, -0.2) is 4.98 Å². The molecule has 0 spiro atoms. The third-order valence-corrected chi connectivity index (χ3v) is 3.00. The Morgan fingerprint density at radius 3 is 2.88 bits per heavy atom. The van der Waals surface area contributed by atoms with Gasteiger partial charge in [-0.05, 0) is 31.4 Å². The smallest absolute Gasteiger partial charge is 0.207 e. The van der Waals surface area contributed by atoms with Gasteiger partial charge < -0.3 is 9.88 Å². The molecule has 1 aromatic carbocycles. The average molecular weight is 213 g/mol. The first-order chi connectivity index (χ1) is 7.84. The molecule has 0 atom stereocenters. The molecule has 3 nitrogen and oxygen atoms in total. The standard InChI is InChI=1S/C13H15N3/c1-10-4-2-3-5-12(10)15-13-14-8-9-16(13)11-6-7-11/h2-5,8-9,11H,6-7H2,1H3,(H,14,15). The van der Waals surface area contributed by atoms with E-state index in [4.69, 9.17) is 0 Å². The van der Waals surface area contributed by atoms with Crippen LogP contribution in [0.2, 0.25) is 0 Å². The molecular formula is C13H15N3. The lowest BCUT2D eigenvalue weighted by molar-refractivity contribution is 0.751. The fraction of sp³-hybridized carbons (Fsp3) is 0.308. The number of para-hydroxylation sites is 1. The summed E-state index contributed by atoms with van der Waals surface area (Å²) in [5, 5.41) is 3.39. The monoisotopic (exact) mass is 213 g/mol. The predicted octanol–water partition coefficient (Wildman–Crippen LogP) is 3.27. The Labute approximate surface area is 95.1 Å². The summed E-state index contributed by atoms with van der Waals surface area (Å²) in [6, 6.07) is 8.94. The van der Waals surface area contributed by atoms with E-state index >= 15 is 0 Å². The van der Waals surface area contributed by atoms with Crippen molar-refractivity contribution in [2.45, 2.75) is 25.8 Å². The second kappa shape index (κ2) is 3.67. The van der Waals surface area contributed by atoms with Crippen LogP contribution < -0.4 is 5.32 Å². The molecule has 1 aliphatic carbocycles. The molecule has 0 bridgehead atoms. The molecule has 1 saturated carbocycles. The Balaban J connectivity index is 1.88. The molecule has 16 heavy (non-hydrogen) atoms. The first-order valence-electron chi connectivity index (χ1n) is 5.70. The van der Waals surface area contributed by atoms with E-state index in [1.165, 1.54) is 18.4 Å². The maximum absolute atomic E-state index is 4.37. The third kappa shape index (κ3) is 1.69. The van der Waals surface area contributed by atoms with E-state index in [0.717, 1.165) is 11.6 Å². The normalized spacial score (nSPS) is 15.1. The first-order valence-corrected chi connectivity index (χ1v) is 5.70. The van der Waals surface area contributed by atoms with Gasteiger partial charge in [0.25, 0.3) is 0 Å². The molecule has 0 radical (unpaired) electrons. The Morgan fingerprint density at radius 1 is 1.31 bits per heavy atom. The second-order valence-electron chi connectivity index (χ2n) is 4.33. The minimum Gasteiger partial charge on any atom is -0.325 e.